The Labute approximate surface area is 198 Å². The molecule has 2 aromatic rings. The van der Waals surface area contributed by atoms with Crippen molar-refractivity contribution >= 4 is 11.8 Å². The number of hydrogen-bond donors (Lipinski definition) is 2. The van der Waals surface area contributed by atoms with Gasteiger partial charge >= 0.3 is 0 Å². The van der Waals surface area contributed by atoms with Crippen molar-refractivity contribution in [3.8, 4) is 5.75 Å². The van der Waals surface area contributed by atoms with Crippen molar-refractivity contribution < 1.29 is 18.8 Å². The first-order chi connectivity index (χ1) is 15.9. The topological polar surface area (TPSA) is 102 Å². The van der Waals surface area contributed by atoms with Gasteiger partial charge in [-0.05, 0) is 37.9 Å². The van der Waals surface area contributed by atoms with Crippen molar-refractivity contribution in [1.29, 1.82) is 0 Å². The Hall–Kier alpha value is -2.69. The molecular formula is C23H32N4O5S. The van der Waals surface area contributed by atoms with Crippen LogP contribution in [-0.4, -0.2) is 62.1 Å². The molecule has 0 fully saturated rings. The fourth-order valence-electron chi connectivity index (χ4n) is 3.58. The minimum absolute atomic E-state index is 0.141. The molecule has 0 saturated carbocycles. The summed E-state index contributed by atoms with van der Waals surface area (Å²) < 4.78 is 17.4. The van der Waals surface area contributed by atoms with Crippen LogP contribution in [0, 0.1) is 10.1 Å². The Morgan fingerprint density at radius 1 is 1.30 bits per heavy atom. The normalized spacial score (nSPS) is 16.4. The van der Waals surface area contributed by atoms with Crippen LogP contribution < -0.4 is 15.4 Å². The van der Waals surface area contributed by atoms with Gasteiger partial charge in [0.25, 0.3) is 6.20 Å². The van der Waals surface area contributed by atoms with Crippen LogP contribution in [0.1, 0.15) is 17.1 Å². The molecule has 0 spiro atoms. The highest BCUT2D eigenvalue weighted by molar-refractivity contribution is 7.98. The van der Waals surface area contributed by atoms with Crippen molar-refractivity contribution in [2.75, 3.05) is 40.0 Å². The van der Waals surface area contributed by atoms with E-state index in [9.17, 15) is 10.1 Å². The number of rotatable bonds is 14. The van der Waals surface area contributed by atoms with Gasteiger partial charge in [-0.1, -0.05) is 18.2 Å². The van der Waals surface area contributed by atoms with E-state index >= 15 is 0 Å². The van der Waals surface area contributed by atoms with Crippen LogP contribution in [0.25, 0.3) is 0 Å². The Morgan fingerprint density at radius 2 is 2.09 bits per heavy atom. The highest BCUT2D eigenvalue weighted by atomic mass is 32.2. The smallest absolute Gasteiger partial charge is 0.274 e. The van der Waals surface area contributed by atoms with Gasteiger partial charge in [0.15, 0.2) is 5.82 Å². The van der Waals surface area contributed by atoms with Crippen LogP contribution in [0.4, 0.5) is 0 Å². The number of benzene rings is 1. The van der Waals surface area contributed by atoms with E-state index < -0.39 is 4.92 Å². The van der Waals surface area contributed by atoms with Crippen molar-refractivity contribution in [1.82, 2.24) is 15.5 Å². The molecule has 1 aromatic heterocycles. The van der Waals surface area contributed by atoms with E-state index in [1.165, 1.54) is 0 Å². The summed E-state index contributed by atoms with van der Waals surface area (Å²) in [5.41, 5.74) is 1.14. The average molecular weight is 477 g/mol. The molecule has 1 aliphatic heterocycles. The van der Waals surface area contributed by atoms with Gasteiger partial charge in [-0.25, -0.2) is 0 Å². The standard InChI is InChI=1S/C23H32N4O5S/c1-26(2)14-18-8-9-19(31-18)16-33-11-10-24-23(15-27(28)29)25-13-22(30-3)21-12-17-6-4-5-7-20(17)32-21/h4-9,15,21-22,24-25H,10-14,16H2,1-3H3. The third-order valence-electron chi connectivity index (χ3n) is 5.11. The Balaban J connectivity index is 1.41. The van der Waals surface area contributed by atoms with Gasteiger partial charge in [0.1, 0.15) is 29.5 Å². The van der Waals surface area contributed by atoms with Gasteiger partial charge in [0.2, 0.25) is 0 Å². The summed E-state index contributed by atoms with van der Waals surface area (Å²) in [5, 5.41) is 17.3. The number of ether oxygens (including phenoxy) is 2. The molecule has 0 radical (unpaired) electrons. The van der Waals surface area contributed by atoms with Crippen LogP contribution >= 0.6 is 11.8 Å². The first-order valence-electron chi connectivity index (χ1n) is 10.8. The lowest BCUT2D eigenvalue weighted by Gasteiger charge is -2.23. The van der Waals surface area contributed by atoms with Crippen LogP contribution in [0.3, 0.4) is 0 Å². The van der Waals surface area contributed by atoms with Gasteiger partial charge in [-0.3, -0.25) is 10.1 Å². The zero-order chi connectivity index (χ0) is 23.6. The highest BCUT2D eigenvalue weighted by Crippen LogP contribution is 2.30. The van der Waals surface area contributed by atoms with Crippen LogP contribution in [-0.2, 0) is 23.5 Å². The molecule has 10 heteroatoms. The largest absolute Gasteiger partial charge is 0.487 e. The lowest BCUT2D eigenvalue weighted by atomic mass is 10.1. The molecule has 180 valence electrons. The number of fused-ring (bicyclic) bond motifs is 1. The summed E-state index contributed by atoms with van der Waals surface area (Å²) in [6.07, 6.45) is 1.30. The lowest BCUT2D eigenvalue weighted by molar-refractivity contribution is -0.404. The predicted molar refractivity (Wildman–Crippen MR) is 129 cm³/mol. The van der Waals surface area contributed by atoms with Gasteiger partial charge in [0, 0.05) is 32.4 Å². The van der Waals surface area contributed by atoms with Crippen molar-refractivity contribution in [2.45, 2.75) is 30.9 Å². The van der Waals surface area contributed by atoms with E-state index in [2.05, 4.69) is 15.5 Å². The maximum Gasteiger partial charge on any atom is 0.274 e. The van der Waals surface area contributed by atoms with Crippen LogP contribution in [0.15, 0.2) is 52.8 Å². The summed E-state index contributed by atoms with van der Waals surface area (Å²) in [5.74, 6) is 4.61. The number of methoxy groups -OCH3 is 1. The Morgan fingerprint density at radius 3 is 2.82 bits per heavy atom. The van der Waals surface area contributed by atoms with Crippen LogP contribution in [0.2, 0.25) is 0 Å². The third-order valence-corrected chi connectivity index (χ3v) is 6.09. The van der Waals surface area contributed by atoms with Crippen LogP contribution in [0.5, 0.6) is 5.75 Å². The molecule has 0 amide bonds. The molecule has 0 saturated heterocycles. The lowest BCUT2D eigenvalue weighted by Crippen LogP contribution is -2.42. The summed E-state index contributed by atoms with van der Waals surface area (Å²) in [6.45, 7) is 1.73. The third kappa shape index (κ3) is 7.99. The van der Waals surface area contributed by atoms with E-state index in [1.54, 1.807) is 18.9 Å². The van der Waals surface area contributed by atoms with Gasteiger partial charge in [0.05, 0.1) is 17.2 Å². The fourth-order valence-corrected chi connectivity index (χ4v) is 4.33. The quantitative estimate of drug-likeness (QED) is 0.242. The molecule has 2 N–H and O–H groups in total. The molecule has 1 aliphatic rings. The Bertz CT molecular complexity index is 908. The van der Waals surface area contributed by atoms with E-state index in [0.29, 0.717) is 18.9 Å². The van der Waals surface area contributed by atoms with Crippen molar-refractivity contribution in [2.24, 2.45) is 0 Å². The molecular weight excluding hydrogens is 444 g/mol. The SMILES string of the molecule is COC(CNC(=C[N+](=O)[O-])NCCSCc1ccc(CN(C)C)o1)C1Cc2ccccc2O1. The second-order valence-electron chi connectivity index (χ2n) is 8.04. The second kappa shape index (κ2) is 12.5. The summed E-state index contributed by atoms with van der Waals surface area (Å²) in [4.78, 5) is 12.6. The first-order valence-corrected chi connectivity index (χ1v) is 12.0. The van der Waals surface area contributed by atoms with Crippen molar-refractivity contribution in [3.63, 3.8) is 0 Å². The molecule has 0 bridgehead atoms. The number of thioether (sulfide) groups is 1. The fraction of sp³-hybridized carbons (Fsp3) is 0.478. The summed E-state index contributed by atoms with van der Waals surface area (Å²) in [6, 6.07) is 11.9. The molecule has 3 rings (SSSR count). The molecule has 2 unspecified atom stereocenters. The maximum absolute atomic E-state index is 11.1. The first kappa shape index (κ1) is 24.9. The summed E-state index contributed by atoms with van der Waals surface area (Å²) in [7, 11) is 5.63. The highest BCUT2D eigenvalue weighted by Gasteiger charge is 2.30. The van der Waals surface area contributed by atoms with Gasteiger partial charge in [-0.2, -0.15) is 11.8 Å². The summed E-state index contributed by atoms with van der Waals surface area (Å²) >= 11 is 1.70. The van der Waals surface area contributed by atoms with Gasteiger partial charge in [-0.15, -0.1) is 0 Å². The molecule has 0 aliphatic carbocycles. The van der Waals surface area contributed by atoms with E-state index in [1.807, 2.05) is 50.5 Å². The maximum atomic E-state index is 11.1. The second-order valence-corrected chi connectivity index (χ2v) is 9.14. The molecule has 1 aromatic carbocycles. The zero-order valence-corrected chi connectivity index (χ0v) is 20.1. The number of hydrogen-bond acceptors (Lipinski definition) is 9. The molecule has 2 atom stereocenters. The molecule has 2 heterocycles. The van der Waals surface area contributed by atoms with E-state index in [0.717, 1.165) is 53.5 Å². The molecule has 9 nitrogen and oxygen atoms in total. The number of nitrogens with zero attached hydrogens (tertiary/aromatic N) is 2. The van der Waals surface area contributed by atoms with Crippen molar-refractivity contribution in [3.05, 3.63) is 75.6 Å². The van der Waals surface area contributed by atoms with E-state index in [4.69, 9.17) is 13.9 Å². The number of furan rings is 1. The predicted octanol–water partition coefficient (Wildman–Crippen LogP) is 2.85. The zero-order valence-electron chi connectivity index (χ0n) is 19.3. The average Bonchev–Trinajstić information content (AvgIpc) is 3.39. The Kier molecular flexibility index (Phi) is 9.47. The number of para-hydroxylation sites is 1. The molecule has 33 heavy (non-hydrogen) atoms. The van der Waals surface area contributed by atoms with E-state index in [-0.39, 0.29) is 12.2 Å². The number of nitrogens with one attached hydrogen (secondary N) is 2. The van der Waals surface area contributed by atoms with Gasteiger partial charge < -0.3 is 29.4 Å². The monoisotopic (exact) mass is 476 g/mol. The minimum Gasteiger partial charge on any atom is -0.487 e. The minimum atomic E-state index is -0.471. The number of nitro groups is 1.